The Bertz CT molecular complexity index is 601. The Balaban J connectivity index is 2.25. The molecule has 0 radical (unpaired) electrons. The fraction of sp³-hybridized carbons (Fsp3) is 0.143. The first kappa shape index (κ1) is 13.9. The number of hydrogen-bond donors (Lipinski definition) is 1. The zero-order valence-corrected chi connectivity index (χ0v) is 11.6. The van der Waals surface area contributed by atoms with Crippen LogP contribution >= 0.6 is 15.9 Å². The minimum atomic E-state index is -0.497. The van der Waals surface area contributed by atoms with E-state index in [9.17, 15) is 13.2 Å². The van der Waals surface area contributed by atoms with Gasteiger partial charge in [-0.25, -0.2) is 13.2 Å². The average Bonchev–Trinajstić information content (AvgIpc) is 2.35. The van der Waals surface area contributed by atoms with Crippen LogP contribution in [-0.2, 0) is 0 Å². The van der Waals surface area contributed by atoms with Crippen molar-refractivity contribution in [3.8, 4) is 0 Å². The van der Waals surface area contributed by atoms with Crippen molar-refractivity contribution in [2.24, 2.45) is 0 Å². The summed E-state index contributed by atoms with van der Waals surface area (Å²) in [4.78, 5) is 0. The van der Waals surface area contributed by atoms with E-state index in [1.807, 2.05) is 0 Å². The molecule has 0 spiro atoms. The predicted octanol–water partition coefficient (Wildman–Crippen LogP) is 5.04. The third kappa shape index (κ3) is 3.29. The zero-order chi connectivity index (χ0) is 14.0. The maximum atomic E-state index is 13.6. The minimum absolute atomic E-state index is 0.219. The molecular weight excluding hydrogens is 319 g/mol. The maximum absolute atomic E-state index is 13.6. The Morgan fingerprint density at radius 1 is 1.00 bits per heavy atom. The van der Waals surface area contributed by atoms with Crippen LogP contribution in [-0.4, -0.2) is 0 Å². The van der Waals surface area contributed by atoms with Gasteiger partial charge < -0.3 is 5.32 Å². The van der Waals surface area contributed by atoms with Gasteiger partial charge in [0, 0.05) is 15.7 Å². The van der Waals surface area contributed by atoms with Gasteiger partial charge in [-0.05, 0) is 59.3 Å². The van der Waals surface area contributed by atoms with Crippen molar-refractivity contribution in [3.63, 3.8) is 0 Å². The summed E-state index contributed by atoms with van der Waals surface area (Å²) in [6, 6.07) is 6.98. The molecule has 0 heterocycles. The molecule has 0 aliphatic rings. The van der Waals surface area contributed by atoms with Crippen LogP contribution in [0.2, 0.25) is 0 Å². The molecule has 2 aromatic carbocycles. The summed E-state index contributed by atoms with van der Waals surface area (Å²) in [7, 11) is 0. The summed E-state index contributed by atoms with van der Waals surface area (Å²) in [5, 5.41) is 3.00. The highest BCUT2D eigenvalue weighted by atomic mass is 79.9. The molecule has 1 atom stereocenters. The summed E-state index contributed by atoms with van der Waals surface area (Å²) in [5.41, 5.74) is 0.828. The highest BCUT2D eigenvalue weighted by Crippen LogP contribution is 2.28. The molecule has 1 nitrogen and oxygen atoms in total. The first-order valence-corrected chi connectivity index (χ1v) is 6.43. The third-order valence-electron chi connectivity index (χ3n) is 2.73. The van der Waals surface area contributed by atoms with E-state index in [0.717, 1.165) is 18.2 Å². The van der Waals surface area contributed by atoms with Gasteiger partial charge in [0.1, 0.15) is 17.5 Å². The molecule has 100 valence electrons. The third-order valence-corrected chi connectivity index (χ3v) is 3.38. The number of hydrogen-bond acceptors (Lipinski definition) is 1. The number of benzene rings is 2. The van der Waals surface area contributed by atoms with Gasteiger partial charge in [0.2, 0.25) is 0 Å². The highest BCUT2D eigenvalue weighted by Gasteiger charge is 2.13. The van der Waals surface area contributed by atoms with Crippen LogP contribution in [0.3, 0.4) is 0 Å². The summed E-state index contributed by atoms with van der Waals surface area (Å²) in [6.45, 7) is 1.70. The van der Waals surface area contributed by atoms with Gasteiger partial charge >= 0.3 is 0 Å². The lowest BCUT2D eigenvalue weighted by molar-refractivity contribution is 0.577. The molecule has 0 saturated carbocycles. The van der Waals surface area contributed by atoms with Crippen molar-refractivity contribution >= 4 is 21.6 Å². The van der Waals surface area contributed by atoms with Crippen LogP contribution < -0.4 is 5.32 Å². The quantitative estimate of drug-likeness (QED) is 0.831. The Morgan fingerprint density at radius 3 is 2.32 bits per heavy atom. The van der Waals surface area contributed by atoms with E-state index in [1.54, 1.807) is 6.92 Å². The Morgan fingerprint density at radius 2 is 1.63 bits per heavy atom. The molecule has 0 bridgehead atoms. The molecule has 0 aromatic heterocycles. The fourth-order valence-electron chi connectivity index (χ4n) is 1.76. The number of nitrogens with one attached hydrogen (secondary N) is 1. The molecule has 2 rings (SSSR count). The van der Waals surface area contributed by atoms with Gasteiger partial charge in [0.15, 0.2) is 0 Å². The van der Waals surface area contributed by atoms with Crippen LogP contribution in [0.5, 0.6) is 0 Å². The number of rotatable bonds is 3. The lowest BCUT2D eigenvalue weighted by Gasteiger charge is -2.17. The van der Waals surface area contributed by atoms with Crippen molar-refractivity contribution in [2.45, 2.75) is 13.0 Å². The number of halogens is 4. The SMILES string of the molecule is CC(Nc1ccc(F)cc1Br)c1cc(F)ccc1F. The summed E-state index contributed by atoms with van der Waals surface area (Å²) < 4.78 is 40.2. The standard InChI is InChI=1S/C14H11BrF3N/c1-8(11-6-9(16)2-4-13(11)18)19-14-5-3-10(17)7-12(14)15/h2-8,19H,1H3. The molecule has 0 aliphatic carbocycles. The summed E-state index contributed by atoms with van der Waals surface area (Å²) in [6.07, 6.45) is 0. The van der Waals surface area contributed by atoms with Gasteiger partial charge in [0.25, 0.3) is 0 Å². The van der Waals surface area contributed by atoms with Gasteiger partial charge in [-0.1, -0.05) is 0 Å². The van der Waals surface area contributed by atoms with Gasteiger partial charge in [0.05, 0.1) is 6.04 Å². The Labute approximate surface area is 117 Å². The average molecular weight is 330 g/mol. The van der Waals surface area contributed by atoms with Crippen LogP contribution in [0.25, 0.3) is 0 Å². The summed E-state index contributed by atoms with van der Waals surface area (Å²) in [5.74, 6) is -1.36. The minimum Gasteiger partial charge on any atom is -0.377 e. The molecule has 0 saturated heterocycles. The van der Waals surface area contributed by atoms with E-state index in [2.05, 4.69) is 21.2 Å². The van der Waals surface area contributed by atoms with Gasteiger partial charge in [-0.2, -0.15) is 0 Å². The van der Waals surface area contributed by atoms with Crippen molar-refractivity contribution in [1.29, 1.82) is 0 Å². The predicted molar refractivity (Wildman–Crippen MR) is 72.5 cm³/mol. The monoisotopic (exact) mass is 329 g/mol. The van der Waals surface area contributed by atoms with E-state index in [4.69, 9.17) is 0 Å². The second-order valence-corrected chi connectivity index (χ2v) is 5.01. The van der Waals surface area contributed by atoms with E-state index in [0.29, 0.717) is 10.2 Å². The normalized spacial score (nSPS) is 12.3. The Kier molecular flexibility index (Phi) is 4.14. The number of anilines is 1. The molecule has 2 aromatic rings. The largest absolute Gasteiger partial charge is 0.377 e. The van der Waals surface area contributed by atoms with E-state index in [1.165, 1.54) is 18.2 Å². The van der Waals surface area contributed by atoms with Crippen LogP contribution in [0.4, 0.5) is 18.9 Å². The zero-order valence-electron chi connectivity index (χ0n) is 10.1. The summed E-state index contributed by atoms with van der Waals surface area (Å²) >= 11 is 3.21. The molecule has 0 amide bonds. The first-order chi connectivity index (χ1) is 8.97. The van der Waals surface area contributed by atoms with E-state index >= 15 is 0 Å². The van der Waals surface area contributed by atoms with Crippen LogP contribution in [0, 0.1) is 17.5 Å². The van der Waals surface area contributed by atoms with Crippen molar-refractivity contribution in [2.75, 3.05) is 5.32 Å². The molecule has 1 N–H and O–H groups in total. The lowest BCUT2D eigenvalue weighted by atomic mass is 10.1. The molecular formula is C14H11BrF3N. The molecule has 0 aliphatic heterocycles. The second kappa shape index (κ2) is 5.65. The fourth-order valence-corrected chi connectivity index (χ4v) is 2.23. The van der Waals surface area contributed by atoms with Crippen LogP contribution in [0.1, 0.15) is 18.5 Å². The second-order valence-electron chi connectivity index (χ2n) is 4.16. The smallest absolute Gasteiger partial charge is 0.128 e. The topological polar surface area (TPSA) is 12.0 Å². The van der Waals surface area contributed by atoms with Crippen LogP contribution in [0.15, 0.2) is 40.9 Å². The maximum Gasteiger partial charge on any atom is 0.128 e. The molecule has 1 unspecified atom stereocenters. The highest BCUT2D eigenvalue weighted by molar-refractivity contribution is 9.10. The van der Waals surface area contributed by atoms with E-state index in [-0.39, 0.29) is 11.4 Å². The lowest BCUT2D eigenvalue weighted by Crippen LogP contribution is -2.09. The molecule has 0 fully saturated rings. The van der Waals surface area contributed by atoms with Crippen molar-refractivity contribution < 1.29 is 13.2 Å². The van der Waals surface area contributed by atoms with Crippen molar-refractivity contribution in [1.82, 2.24) is 0 Å². The van der Waals surface area contributed by atoms with E-state index < -0.39 is 17.7 Å². The molecule has 5 heteroatoms. The first-order valence-electron chi connectivity index (χ1n) is 5.64. The van der Waals surface area contributed by atoms with Crippen molar-refractivity contribution in [3.05, 3.63) is 63.9 Å². The van der Waals surface area contributed by atoms with Gasteiger partial charge in [-0.3, -0.25) is 0 Å². The molecule has 19 heavy (non-hydrogen) atoms. The van der Waals surface area contributed by atoms with Gasteiger partial charge in [-0.15, -0.1) is 0 Å². The Hall–Kier alpha value is -1.49.